The molecule has 2 nitrogen and oxygen atoms in total. The highest BCUT2D eigenvalue weighted by Gasteiger charge is 2.15. The largest absolute Gasteiger partial charge is 0.331 e. The molecule has 0 N–H and O–H groups in total. The van der Waals surface area contributed by atoms with E-state index in [1.807, 2.05) is 24.4 Å². The average molecular weight is 325 g/mol. The summed E-state index contributed by atoms with van der Waals surface area (Å²) >= 11 is 6.00. The third kappa shape index (κ3) is 3.48. The van der Waals surface area contributed by atoms with E-state index in [0.29, 0.717) is 5.92 Å². The van der Waals surface area contributed by atoms with Crippen molar-refractivity contribution in [1.29, 1.82) is 0 Å². The molecule has 0 saturated heterocycles. The zero-order valence-electron chi connectivity index (χ0n) is 13.5. The number of nitrogens with zero attached hydrogens (tertiary/aromatic N) is 2. The quantitative estimate of drug-likeness (QED) is 0.608. The molecule has 23 heavy (non-hydrogen) atoms. The first-order valence-corrected chi connectivity index (χ1v) is 8.38. The standard InChI is InChI=1S/C20H21ClN2/c1-3-15(16-9-11-18(21)12-10-16)13-20-22-14-19(23(20)2)17-7-5-4-6-8-17/h4-12,14-15H,3,13H2,1-2H3. The van der Waals surface area contributed by atoms with Crippen molar-refractivity contribution in [1.82, 2.24) is 9.55 Å². The second-order valence-electron chi connectivity index (χ2n) is 5.85. The Kier molecular flexibility index (Phi) is 4.82. The molecule has 0 amide bonds. The number of aromatic nitrogens is 2. The maximum atomic E-state index is 6.00. The molecule has 2 aromatic carbocycles. The van der Waals surface area contributed by atoms with Crippen molar-refractivity contribution in [2.75, 3.05) is 0 Å². The second kappa shape index (κ2) is 7.01. The maximum absolute atomic E-state index is 6.00. The highest BCUT2D eigenvalue weighted by Crippen LogP contribution is 2.27. The smallest absolute Gasteiger partial charge is 0.109 e. The zero-order chi connectivity index (χ0) is 16.2. The van der Waals surface area contributed by atoms with Crippen molar-refractivity contribution in [2.45, 2.75) is 25.7 Å². The van der Waals surface area contributed by atoms with Gasteiger partial charge < -0.3 is 4.57 Å². The van der Waals surface area contributed by atoms with Crippen LogP contribution in [0.25, 0.3) is 11.3 Å². The van der Waals surface area contributed by atoms with Crippen LogP contribution in [0, 0.1) is 0 Å². The first kappa shape index (κ1) is 15.8. The van der Waals surface area contributed by atoms with Gasteiger partial charge in [0.05, 0.1) is 11.9 Å². The summed E-state index contributed by atoms with van der Waals surface area (Å²) in [7, 11) is 2.10. The third-order valence-electron chi connectivity index (χ3n) is 4.42. The van der Waals surface area contributed by atoms with Gasteiger partial charge in [-0.25, -0.2) is 4.98 Å². The Morgan fingerprint density at radius 2 is 1.74 bits per heavy atom. The molecular weight excluding hydrogens is 304 g/mol. The summed E-state index contributed by atoms with van der Waals surface area (Å²) in [6.45, 7) is 2.22. The molecular formula is C20H21ClN2. The van der Waals surface area contributed by atoms with E-state index in [1.165, 1.54) is 11.1 Å². The molecule has 3 aromatic rings. The fourth-order valence-electron chi connectivity index (χ4n) is 2.97. The summed E-state index contributed by atoms with van der Waals surface area (Å²) in [5.74, 6) is 1.57. The van der Waals surface area contributed by atoms with E-state index in [9.17, 15) is 0 Å². The van der Waals surface area contributed by atoms with Crippen LogP contribution in [-0.4, -0.2) is 9.55 Å². The van der Waals surface area contributed by atoms with Crippen LogP contribution >= 0.6 is 11.6 Å². The number of hydrogen-bond donors (Lipinski definition) is 0. The lowest BCUT2D eigenvalue weighted by Gasteiger charge is -2.16. The van der Waals surface area contributed by atoms with Crippen molar-refractivity contribution in [3.05, 3.63) is 77.2 Å². The van der Waals surface area contributed by atoms with Crippen LogP contribution in [0.3, 0.4) is 0 Å². The van der Waals surface area contributed by atoms with E-state index in [2.05, 4.69) is 59.9 Å². The fraction of sp³-hybridized carbons (Fsp3) is 0.250. The summed E-state index contributed by atoms with van der Waals surface area (Å²) in [5.41, 5.74) is 3.68. The van der Waals surface area contributed by atoms with Crippen LogP contribution in [0.4, 0.5) is 0 Å². The van der Waals surface area contributed by atoms with Crippen LogP contribution in [-0.2, 0) is 13.5 Å². The van der Waals surface area contributed by atoms with Gasteiger partial charge in [0.1, 0.15) is 5.82 Å². The van der Waals surface area contributed by atoms with Gasteiger partial charge in [-0.15, -0.1) is 0 Å². The summed E-state index contributed by atoms with van der Waals surface area (Å²) in [6, 6.07) is 18.6. The molecule has 0 saturated carbocycles. The number of benzene rings is 2. The van der Waals surface area contributed by atoms with Crippen LogP contribution in [0.2, 0.25) is 5.02 Å². The number of rotatable bonds is 5. The predicted octanol–water partition coefficient (Wildman–Crippen LogP) is 5.48. The Bertz CT molecular complexity index is 760. The number of imidazole rings is 1. The molecule has 0 aliphatic heterocycles. The monoisotopic (exact) mass is 324 g/mol. The third-order valence-corrected chi connectivity index (χ3v) is 4.67. The van der Waals surface area contributed by atoms with E-state index in [1.54, 1.807) is 0 Å². The molecule has 1 unspecified atom stereocenters. The normalized spacial score (nSPS) is 12.3. The minimum absolute atomic E-state index is 0.456. The molecule has 0 fully saturated rings. The van der Waals surface area contributed by atoms with Crippen molar-refractivity contribution >= 4 is 11.6 Å². The molecule has 118 valence electrons. The summed E-state index contributed by atoms with van der Waals surface area (Å²) in [5, 5.41) is 0.784. The second-order valence-corrected chi connectivity index (χ2v) is 6.28. The van der Waals surface area contributed by atoms with Gasteiger partial charge in [-0.05, 0) is 35.6 Å². The highest BCUT2D eigenvalue weighted by atomic mass is 35.5. The average Bonchev–Trinajstić information content (AvgIpc) is 2.95. The summed E-state index contributed by atoms with van der Waals surface area (Å²) < 4.78 is 2.20. The van der Waals surface area contributed by atoms with E-state index < -0.39 is 0 Å². The number of halogens is 1. The molecule has 1 atom stereocenters. The first-order chi connectivity index (χ1) is 11.2. The van der Waals surface area contributed by atoms with Gasteiger partial charge in [-0.1, -0.05) is 61.0 Å². The fourth-order valence-corrected chi connectivity index (χ4v) is 3.09. The molecule has 0 aliphatic rings. The number of hydrogen-bond acceptors (Lipinski definition) is 1. The lowest BCUT2D eigenvalue weighted by Crippen LogP contribution is -2.07. The molecule has 0 aliphatic carbocycles. The lowest BCUT2D eigenvalue weighted by atomic mass is 9.93. The highest BCUT2D eigenvalue weighted by molar-refractivity contribution is 6.30. The predicted molar refractivity (Wildman–Crippen MR) is 96.8 cm³/mol. The van der Waals surface area contributed by atoms with Crippen LogP contribution in [0.1, 0.15) is 30.7 Å². The Hall–Kier alpha value is -2.06. The molecule has 0 bridgehead atoms. The minimum Gasteiger partial charge on any atom is -0.331 e. The Labute approximate surface area is 142 Å². The lowest BCUT2D eigenvalue weighted by molar-refractivity contribution is 0.619. The summed E-state index contributed by atoms with van der Waals surface area (Å²) in [6.07, 6.45) is 3.98. The van der Waals surface area contributed by atoms with Crippen molar-refractivity contribution in [2.24, 2.45) is 7.05 Å². The van der Waals surface area contributed by atoms with Gasteiger partial charge in [0.2, 0.25) is 0 Å². The van der Waals surface area contributed by atoms with Gasteiger partial charge in [-0.3, -0.25) is 0 Å². The molecule has 3 heteroatoms. The van der Waals surface area contributed by atoms with Crippen LogP contribution in [0.15, 0.2) is 60.8 Å². The molecule has 3 rings (SSSR count). The minimum atomic E-state index is 0.456. The summed E-state index contributed by atoms with van der Waals surface area (Å²) in [4.78, 5) is 4.66. The van der Waals surface area contributed by atoms with E-state index >= 15 is 0 Å². The first-order valence-electron chi connectivity index (χ1n) is 8.00. The Balaban J connectivity index is 1.85. The Morgan fingerprint density at radius 1 is 1.04 bits per heavy atom. The topological polar surface area (TPSA) is 17.8 Å². The Morgan fingerprint density at radius 3 is 2.39 bits per heavy atom. The van der Waals surface area contributed by atoms with Gasteiger partial charge in [-0.2, -0.15) is 0 Å². The van der Waals surface area contributed by atoms with Gasteiger partial charge in [0.15, 0.2) is 0 Å². The SMILES string of the molecule is CCC(Cc1ncc(-c2ccccc2)n1C)c1ccc(Cl)cc1. The van der Waals surface area contributed by atoms with E-state index in [-0.39, 0.29) is 0 Å². The zero-order valence-corrected chi connectivity index (χ0v) is 14.3. The van der Waals surface area contributed by atoms with Crippen molar-refractivity contribution < 1.29 is 0 Å². The van der Waals surface area contributed by atoms with E-state index in [0.717, 1.165) is 29.4 Å². The maximum Gasteiger partial charge on any atom is 0.109 e. The molecule has 1 heterocycles. The molecule has 0 radical (unpaired) electrons. The van der Waals surface area contributed by atoms with Crippen LogP contribution < -0.4 is 0 Å². The van der Waals surface area contributed by atoms with Gasteiger partial charge in [0, 0.05) is 18.5 Å². The van der Waals surface area contributed by atoms with Crippen molar-refractivity contribution in [3.63, 3.8) is 0 Å². The van der Waals surface area contributed by atoms with Gasteiger partial charge in [0.25, 0.3) is 0 Å². The van der Waals surface area contributed by atoms with Gasteiger partial charge >= 0.3 is 0 Å². The van der Waals surface area contributed by atoms with Crippen LogP contribution in [0.5, 0.6) is 0 Å². The van der Waals surface area contributed by atoms with E-state index in [4.69, 9.17) is 11.6 Å². The van der Waals surface area contributed by atoms with Crippen molar-refractivity contribution in [3.8, 4) is 11.3 Å². The molecule has 0 spiro atoms. The molecule has 1 aromatic heterocycles.